The minimum absolute atomic E-state index is 0.00165. The van der Waals surface area contributed by atoms with Crippen LogP contribution in [-0.2, 0) is 11.3 Å². The van der Waals surface area contributed by atoms with E-state index in [1.54, 1.807) is 0 Å². The van der Waals surface area contributed by atoms with E-state index < -0.39 is 0 Å². The Bertz CT molecular complexity index is 576. The van der Waals surface area contributed by atoms with Crippen LogP contribution in [0.15, 0.2) is 6.07 Å². The van der Waals surface area contributed by atoms with Crippen LogP contribution in [0.5, 0.6) is 0 Å². The molecule has 2 N–H and O–H groups in total. The van der Waals surface area contributed by atoms with Gasteiger partial charge in [0.25, 0.3) is 0 Å². The van der Waals surface area contributed by atoms with E-state index >= 15 is 0 Å². The van der Waals surface area contributed by atoms with Crippen LogP contribution in [0.1, 0.15) is 37.1 Å². The van der Waals surface area contributed by atoms with Crippen LogP contribution in [0.4, 0.5) is 0 Å². The number of piperidine rings is 1. The lowest BCUT2D eigenvalue weighted by Crippen LogP contribution is -2.42. The van der Waals surface area contributed by atoms with Crippen molar-refractivity contribution in [2.24, 2.45) is 5.41 Å². The smallest absolute Gasteiger partial charge is 0.239 e. The fourth-order valence-electron chi connectivity index (χ4n) is 4.16. The predicted molar refractivity (Wildman–Crippen MR) is 94.9 cm³/mol. The standard InChI is InChI=1S/C18H31N5O/c1-14-11-15(2)23(21-14)10-4-9-22(3)17(24)16-12-18(13-20-16)5-7-19-8-6-18/h11,16,19-20H,4-10,12-13H2,1-3H3. The molecule has 1 unspecified atom stereocenters. The van der Waals surface area contributed by atoms with Gasteiger partial charge in [-0.3, -0.25) is 9.48 Å². The van der Waals surface area contributed by atoms with Crippen molar-refractivity contribution in [2.75, 3.05) is 33.2 Å². The van der Waals surface area contributed by atoms with Crippen molar-refractivity contribution < 1.29 is 4.79 Å². The Kier molecular flexibility index (Phi) is 5.25. The Morgan fingerprint density at radius 1 is 1.42 bits per heavy atom. The Morgan fingerprint density at radius 3 is 2.83 bits per heavy atom. The van der Waals surface area contributed by atoms with Crippen LogP contribution in [0.25, 0.3) is 0 Å². The molecular weight excluding hydrogens is 302 g/mol. The molecule has 2 aliphatic heterocycles. The molecule has 134 valence electrons. The molecule has 2 aliphatic rings. The number of hydrogen-bond donors (Lipinski definition) is 2. The first kappa shape index (κ1) is 17.4. The Balaban J connectivity index is 1.46. The van der Waals surface area contributed by atoms with Gasteiger partial charge in [-0.1, -0.05) is 0 Å². The molecule has 1 atom stereocenters. The zero-order chi connectivity index (χ0) is 17.2. The van der Waals surface area contributed by atoms with Gasteiger partial charge in [0, 0.05) is 32.4 Å². The molecule has 3 heterocycles. The summed E-state index contributed by atoms with van der Waals surface area (Å²) in [5.41, 5.74) is 2.59. The second-order valence-electron chi connectivity index (χ2n) is 7.65. The fraction of sp³-hybridized carbons (Fsp3) is 0.778. The number of likely N-dealkylation sites (N-methyl/N-ethyl adjacent to an activating group) is 1. The summed E-state index contributed by atoms with van der Waals surface area (Å²) in [6.07, 6.45) is 4.30. The first-order chi connectivity index (χ1) is 11.5. The maximum Gasteiger partial charge on any atom is 0.239 e. The van der Waals surface area contributed by atoms with E-state index in [9.17, 15) is 4.79 Å². The summed E-state index contributed by atoms with van der Waals surface area (Å²) < 4.78 is 2.03. The van der Waals surface area contributed by atoms with Crippen LogP contribution < -0.4 is 10.6 Å². The fourth-order valence-corrected chi connectivity index (χ4v) is 4.16. The number of aryl methyl sites for hydroxylation is 3. The molecule has 1 amide bonds. The molecule has 6 heteroatoms. The van der Waals surface area contributed by atoms with Gasteiger partial charge in [-0.05, 0) is 64.1 Å². The van der Waals surface area contributed by atoms with E-state index in [1.165, 1.54) is 18.5 Å². The highest BCUT2D eigenvalue weighted by Gasteiger charge is 2.42. The number of nitrogens with one attached hydrogen (secondary N) is 2. The van der Waals surface area contributed by atoms with E-state index in [1.807, 2.05) is 23.6 Å². The predicted octanol–water partition coefficient (Wildman–Crippen LogP) is 1.08. The van der Waals surface area contributed by atoms with E-state index in [2.05, 4.69) is 28.7 Å². The van der Waals surface area contributed by atoms with Crippen LogP contribution in [0.3, 0.4) is 0 Å². The number of nitrogens with zero attached hydrogens (tertiary/aromatic N) is 3. The van der Waals surface area contributed by atoms with Gasteiger partial charge in [0.1, 0.15) is 0 Å². The van der Waals surface area contributed by atoms with Crippen molar-refractivity contribution in [3.8, 4) is 0 Å². The zero-order valence-electron chi connectivity index (χ0n) is 15.3. The average molecular weight is 333 g/mol. The normalized spacial score (nSPS) is 22.9. The molecule has 1 aromatic heterocycles. The van der Waals surface area contributed by atoms with Gasteiger partial charge in [0.05, 0.1) is 11.7 Å². The molecule has 0 radical (unpaired) electrons. The minimum Gasteiger partial charge on any atom is -0.344 e. The Morgan fingerprint density at radius 2 is 2.17 bits per heavy atom. The SMILES string of the molecule is Cc1cc(C)n(CCCN(C)C(=O)C2CC3(CCNCC3)CN2)n1. The molecule has 6 nitrogen and oxygen atoms in total. The summed E-state index contributed by atoms with van der Waals surface area (Å²) in [5.74, 6) is 0.249. The third-order valence-corrected chi connectivity index (χ3v) is 5.67. The monoisotopic (exact) mass is 333 g/mol. The molecule has 2 fully saturated rings. The van der Waals surface area contributed by atoms with Crippen molar-refractivity contribution in [3.05, 3.63) is 17.5 Å². The first-order valence-electron chi connectivity index (χ1n) is 9.19. The van der Waals surface area contributed by atoms with Gasteiger partial charge in [-0.25, -0.2) is 0 Å². The van der Waals surface area contributed by atoms with Gasteiger partial charge in [-0.15, -0.1) is 0 Å². The third kappa shape index (κ3) is 3.81. The van der Waals surface area contributed by atoms with Crippen LogP contribution in [0.2, 0.25) is 0 Å². The third-order valence-electron chi connectivity index (χ3n) is 5.67. The summed E-state index contributed by atoms with van der Waals surface area (Å²) in [6.45, 7) is 8.90. The topological polar surface area (TPSA) is 62.2 Å². The number of carbonyl (C=O) groups is 1. The van der Waals surface area contributed by atoms with E-state index in [4.69, 9.17) is 0 Å². The van der Waals surface area contributed by atoms with Crippen molar-refractivity contribution in [2.45, 2.75) is 52.1 Å². The van der Waals surface area contributed by atoms with Gasteiger partial charge in [-0.2, -0.15) is 5.10 Å². The summed E-state index contributed by atoms with van der Waals surface area (Å²) in [6, 6.07) is 2.09. The first-order valence-corrected chi connectivity index (χ1v) is 9.19. The molecule has 0 aliphatic carbocycles. The molecule has 24 heavy (non-hydrogen) atoms. The quantitative estimate of drug-likeness (QED) is 0.846. The van der Waals surface area contributed by atoms with Crippen molar-refractivity contribution >= 4 is 5.91 Å². The van der Waals surface area contributed by atoms with Gasteiger partial charge in [0.2, 0.25) is 5.91 Å². The molecule has 3 rings (SSSR count). The summed E-state index contributed by atoms with van der Waals surface area (Å²) in [7, 11) is 1.93. The zero-order valence-corrected chi connectivity index (χ0v) is 15.3. The average Bonchev–Trinajstić information content (AvgIpc) is 3.11. The number of amides is 1. The van der Waals surface area contributed by atoms with Gasteiger partial charge >= 0.3 is 0 Å². The summed E-state index contributed by atoms with van der Waals surface area (Å²) >= 11 is 0. The Labute approximate surface area is 145 Å². The van der Waals surface area contributed by atoms with Gasteiger partial charge in [0.15, 0.2) is 0 Å². The molecule has 0 saturated carbocycles. The highest BCUT2D eigenvalue weighted by molar-refractivity contribution is 5.82. The summed E-state index contributed by atoms with van der Waals surface area (Å²) in [4.78, 5) is 14.6. The lowest BCUT2D eigenvalue weighted by Gasteiger charge is -2.33. The second kappa shape index (κ2) is 7.23. The van der Waals surface area contributed by atoms with Crippen molar-refractivity contribution in [3.63, 3.8) is 0 Å². The lowest BCUT2D eigenvalue weighted by atomic mass is 9.77. The highest BCUT2D eigenvalue weighted by Crippen LogP contribution is 2.37. The maximum atomic E-state index is 12.7. The number of aromatic nitrogens is 2. The lowest BCUT2D eigenvalue weighted by molar-refractivity contribution is -0.132. The van der Waals surface area contributed by atoms with E-state index in [0.717, 1.165) is 51.3 Å². The summed E-state index contributed by atoms with van der Waals surface area (Å²) in [5, 5.41) is 11.4. The Hall–Kier alpha value is -1.40. The molecule has 2 saturated heterocycles. The van der Waals surface area contributed by atoms with Crippen LogP contribution in [0, 0.1) is 19.3 Å². The molecule has 0 aromatic carbocycles. The molecular formula is C18H31N5O. The van der Waals surface area contributed by atoms with E-state index in [0.29, 0.717) is 5.41 Å². The van der Waals surface area contributed by atoms with Crippen molar-refractivity contribution in [1.29, 1.82) is 0 Å². The minimum atomic E-state index is 0.00165. The van der Waals surface area contributed by atoms with Crippen LogP contribution >= 0.6 is 0 Å². The number of carbonyl (C=O) groups excluding carboxylic acids is 1. The van der Waals surface area contributed by atoms with Crippen molar-refractivity contribution in [1.82, 2.24) is 25.3 Å². The number of hydrogen-bond acceptors (Lipinski definition) is 4. The highest BCUT2D eigenvalue weighted by atomic mass is 16.2. The molecule has 1 aromatic rings. The number of rotatable bonds is 5. The molecule has 0 bridgehead atoms. The van der Waals surface area contributed by atoms with E-state index in [-0.39, 0.29) is 11.9 Å². The maximum absolute atomic E-state index is 12.7. The molecule has 1 spiro atoms. The second-order valence-corrected chi connectivity index (χ2v) is 7.65. The van der Waals surface area contributed by atoms with Crippen LogP contribution in [-0.4, -0.2) is 59.9 Å². The van der Waals surface area contributed by atoms with Gasteiger partial charge < -0.3 is 15.5 Å². The largest absolute Gasteiger partial charge is 0.344 e.